The van der Waals surface area contributed by atoms with E-state index in [0.717, 1.165) is 29.8 Å². The van der Waals surface area contributed by atoms with E-state index in [0.29, 0.717) is 5.02 Å². The number of hydrogen-bond donors (Lipinski definition) is 0. The summed E-state index contributed by atoms with van der Waals surface area (Å²) in [5.41, 5.74) is 2.49. The maximum absolute atomic E-state index is 6.20. The molecule has 0 atom stereocenters. The average Bonchev–Trinajstić information content (AvgIpc) is 2.80. The summed E-state index contributed by atoms with van der Waals surface area (Å²) in [4.78, 5) is 6.27. The topological polar surface area (TPSA) is 12.9 Å². The SMILES string of the molecule is Clc1ccc(CCc2nc3c(s2)CCCC3)c(Cl)c1. The van der Waals surface area contributed by atoms with Crippen molar-refractivity contribution < 1.29 is 0 Å². The quantitative estimate of drug-likeness (QED) is 0.767. The first-order valence-electron chi connectivity index (χ1n) is 6.64. The summed E-state index contributed by atoms with van der Waals surface area (Å²) >= 11 is 14.0. The van der Waals surface area contributed by atoms with Crippen molar-refractivity contribution in [2.75, 3.05) is 0 Å². The van der Waals surface area contributed by atoms with Crippen molar-refractivity contribution >= 4 is 34.5 Å². The number of aromatic nitrogens is 1. The molecule has 1 nitrogen and oxygen atoms in total. The van der Waals surface area contributed by atoms with E-state index in [4.69, 9.17) is 28.2 Å². The van der Waals surface area contributed by atoms with Gasteiger partial charge in [-0.2, -0.15) is 0 Å². The Morgan fingerprint density at radius 3 is 2.74 bits per heavy atom. The fourth-order valence-corrected chi connectivity index (χ4v) is 4.14. The third-order valence-corrected chi connectivity index (χ3v) is 5.32. The largest absolute Gasteiger partial charge is 0.246 e. The Balaban J connectivity index is 1.70. The lowest BCUT2D eigenvalue weighted by atomic mass is 10.0. The summed E-state index contributed by atoms with van der Waals surface area (Å²) < 4.78 is 0. The van der Waals surface area contributed by atoms with E-state index in [1.54, 1.807) is 0 Å². The van der Waals surface area contributed by atoms with Gasteiger partial charge in [0, 0.05) is 21.3 Å². The van der Waals surface area contributed by atoms with E-state index in [2.05, 4.69) is 0 Å². The number of aryl methyl sites for hydroxylation is 4. The third-order valence-electron chi connectivity index (χ3n) is 3.51. The molecule has 0 saturated carbocycles. The van der Waals surface area contributed by atoms with Crippen LogP contribution in [0.25, 0.3) is 0 Å². The first-order valence-corrected chi connectivity index (χ1v) is 8.21. The Labute approximate surface area is 127 Å². The zero-order valence-electron chi connectivity index (χ0n) is 10.6. The molecule has 4 heteroatoms. The zero-order chi connectivity index (χ0) is 13.2. The van der Waals surface area contributed by atoms with E-state index in [-0.39, 0.29) is 0 Å². The highest BCUT2D eigenvalue weighted by atomic mass is 35.5. The second-order valence-electron chi connectivity index (χ2n) is 4.92. The van der Waals surface area contributed by atoms with Crippen LogP contribution in [0.5, 0.6) is 0 Å². The molecule has 0 radical (unpaired) electrons. The Morgan fingerprint density at radius 1 is 1.11 bits per heavy atom. The van der Waals surface area contributed by atoms with Gasteiger partial charge in [-0.1, -0.05) is 29.3 Å². The standard InChI is InChI=1S/C15H15Cl2NS/c16-11-7-5-10(12(17)9-11)6-8-15-18-13-3-1-2-4-14(13)19-15/h5,7,9H,1-4,6,8H2. The highest BCUT2D eigenvalue weighted by Crippen LogP contribution is 2.28. The molecule has 0 aliphatic heterocycles. The number of halogens is 2. The van der Waals surface area contributed by atoms with Crippen molar-refractivity contribution in [1.82, 2.24) is 4.98 Å². The Hall–Kier alpha value is -0.570. The third kappa shape index (κ3) is 3.13. The smallest absolute Gasteiger partial charge is 0.0934 e. The van der Waals surface area contributed by atoms with Gasteiger partial charge in [-0.05, 0) is 49.8 Å². The van der Waals surface area contributed by atoms with Gasteiger partial charge < -0.3 is 0 Å². The Kier molecular flexibility index (Phi) is 4.11. The number of hydrogen-bond acceptors (Lipinski definition) is 2. The molecule has 0 fully saturated rings. The van der Waals surface area contributed by atoms with Gasteiger partial charge in [0.1, 0.15) is 0 Å². The minimum Gasteiger partial charge on any atom is -0.246 e. The molecule has 2 aromatic rings. The number of benzene rings is 1. The van der Waals surface area contributed by atoms with Gasteiger partial charge in [-0.25, -0.2) is 4.98 Å². The van der Waals surface area contributed by atoms with Gasteiger partial charge in [-0.3, -0.25) is 0 Å². The van der Waals surface area contributed by atoms with Gasteiger partial charge in [0.25, 0.3) is 0 Å². The Bertz CT molecular complexity index is 568. The molecule has 0 unspecified atom stereocenters. The molecule has 3 rings (SSSR count). The predicted octanol–water partition coefficient (Wildman–Crippen LogP) is 5.11. The van der Waals surface area contributed by atoms with Gasteiger partial charge >= 0.3 is 0 Å². The number of fused-ring (bicyclic) bond motifs is 1. The van der Waals surface area contributed by atoms with Crippen molar-refractivity contribution in [1.29, 1.82) is 0 Å². The molecule has 1 aliphatic carbocycles. The minimum absolute atomic E-state index is 0.693. The fraction of sp³-hybridized carbons (Fsp3) is 0.400. The zero-order valence-corrected chi connectivity index (χ0v) is 12.9. The average molecular weight is 312 g/mol. The number of nitrogens with zero attached hydrogens (tertiary/aromatic N) is 1. The fourth-order valence-electron chi connectivity index (χ4n) is 2.48. The summed E-state index contributed by atoms with van der Waals surface area (Å²) in [5, 5.41) is 2.70. The van der Waals surface area contributed by atoms with Gasteiger partial charge in [0.15, 0.2) is 0 Å². The lowest BCUT2D eigenvalue weighted by Gasteiger charge is -2.06. The molecule has 0 bridgehead atoms. The first-order chi connectivity index (χ1) is 9.22. The second kappa shape index (κ2) is 5.82. The van der Waals surface area contributed by atoms with E-state index in [9.17, 15) is 0 Å². The highest BCUT2D eigenvalue weighted by molar-refractivity contribution is 7.11. The summed E-state index contributed by atoms with van der Waals surface area (Å²) in [6.07, 6.45) is 6.89. The molecule has 1 heterocycles. The summed E-state index contributed by atoms with van der Waals surface area (Å²) in [6.45, 7) is 0. The predicted molar refractivity (Wildman–Crippen MR) is 82.6 cm³/mol. The van der Waals surface area contributed by atoms with Crippen LogP contribution in [-0.4, -0.2) is 4.98 Å². The molecule has 0 spiro atoms. The van der Waals surface area contributed by atoms with E-state index >= 15 is 0 Å². The maximum atomic E-state index is 6.20. The van der Waals surface area contributed by atoms with E-state index in [1.807, 2.05) is 29.5 Å². The lowest BCUT2D eigenvalue weighted by molar-refractivity contribution is 0.680. The molecule has 1 aromatic heterocycles. The molecule has 0 N–H and O–H groups in total. The maximum Gasteiger partial charge on any atom is 0.0934 e. The van der Waals surface area contributed by atoms with Gasteiger partial charge in [0.05, 0.1) is 10.7 Å². The first kappa shape index (κ1) is 13.4. The van der Waals surface area contributed by atoms with Crippen LogP contribution in [0.4, 0.5) is 0 Å². The highest BCUT2D eigenvalue weighted by Gasteiger charge is 2.15. The number of rotatable bonds is 3. The normalized spacial score (nSPS) is 14.4. The lowest BCUT2D eigenvalue weighted by Crippen LogP contribution is -1.99. The van der Waals surface area contributed by atoms with Crippen LogP contribution in [0.15, 0.2) is 18.2 Å². The van der Waals surface area contributed by atoms with Crippen LogP contribution in [0, 0.1) is 0 Å². The molecule has 1 aromatic carbocycles. The number of thiazole rings is 1. The van der Waals surface area contributed by atoms with Crippen LogP contribution in [0.2, 0.25) is 10.0 Å². The summed E-state index contributed by atoms with van der Waals surface area (Å²) in [7, 11) is 0. The molecule has 19 heavy (non-hydrogen) atoms. The van der Waals surface area contributed by atoms with Crippen LogP contribution >= 0.6 is 34.5 Å². The molecular formula is C15H15Cl2NS. The van der Waals surface area contributed by atoms with Crippen molar-refractivity contribution in [3.05, 3.63) is 49.4 Å². The van der Waals surface area contributed by atoms with Crippen molar-refractivity contribution in [3.63, 3.8) is 0 Å². The van der Waals surface area contributed by atoms with E-state index in [1.165, 1.54) is 34.8 Å². The van der Waals surface area contributed by atoms with Crippen LogP contribution in [-0.2, 0) is 25.7 Å². The Morgan fingerprint density at radius 2 is 1.95 bits per heavy atom. The molecular weight excluding hydrogens is 297 g/mol. The van der Waals surface area contributed by atoms with E-state index < -0.39 is 0 Å². The van der Waals surface area contributed by atoms with Gasteiger partial charge in [-0.15, -0.1) is 11.3 Å². The minimum atomic E-state index is 0.693. The van der Waals surface area contributed by atoms with Crippen molar-refractivity contribution in [2.45, 2.75) is 38.5 Å². The summed E-state index contributed by atoms with van der Waals surface area (Å²) in [6, 6.07) is 5.72. The molecule has 0 amide bonds. The molecule has 100 valence electrons. The summed E-state index contributed by atoms with van der Waals surface area (Å²) in [5.74, 6) is 0. The monoisotopic (exact) mass is 311 g/mol. The van der Waals surface area contributed by atoms with Crippen LogP contribution in [0.3, 0.4) is 0 Å². The van der Waals surface area contributed by atoms with Crippen LogP contribution < -0.4 is 0 Å². The molecule has 0 saturated heterocycles. The van der Waals surface area contributed by atoms with Crippen molar-refractivity contribution in [3.8, 4) is 0 Å². The van der Waals surface area contributed by atoms with Gasteiger partial charge in [0.2, 0.25) is 0 Å². The van der Waals surface area contributed by atoms with Crippen molar-refractivity contribution in [2.24, 2.45) is 0 Å². The molecule has 1 aliphatic rings. The second-order valence-corrected chi connectivity index (χ2v) is 6.93. The van der Waals surface area contributed by atoms with Crippen LogP contribution in [0.1, 0.15) is 34.0 Å².